The summed E-state index contributed by atoms with van der Waals surface area (Å²) in [7, 11) is -1.58. The van der Waals surface area contributed by atoms with Gasteiger partial charge in [0.15, 0.2) is 8.32 Å². The molecule has 0 fully saturated rings. The molecule has 1 unspecified atom stereocenters. The fourth-order valence-electron chi connectivity index (χ4n) is 5.89. The van der Waals surface area contributed by atoms with E-state index in [0.29, 0.717) is 11.5 Å². The van der Waals surface area contributed by atoms with Crippen LogP contribution >= 0.6 is 0 Å². The molecule has 0 spiro atoms. The molecule has 46 heavy (non-hydrogen) atoms. The normalized spacial score (nSPS) is 13.1. The third kappa shape index (κ3) is 29.5. The van der Waals surface area contributed by atoms with Gasteiger partial charge in [-0.3, -0.25) is 4.79 Å². The molecule has 0 aromatic heterocycles. The number of carbonyl (C=O) groups excluding carboxylic acids is 1. The van der Waals surface area contributed by atoms with Crippen LogP contribution in [0.3, 0.4) is 0 Å². The molecule has 0 aromatic carbocycles. The van der Waals surface area contributed by atoms with E-state index >= 15 is 0 Å². The Balaban J connectivity index is 3.92. The second kappa shape index (κ2) is 31.6. The average Bonchev–Trinajstić information content (AvgIpc) is 3.00. The minimum absolute atomic E-state index is 0.0262. The molecule has 0 N–H and O–H groups in total. The molecule has 0 aliphatic heterocycles. The Kier molecular flexibility index (Phi) is 31.2. The molecule has 0 saturated carbocycles. The Morgan fingerprint density at radius 2 is 1.02 bits per heavy atom. The van der Waals surface area contributed by atoms with Gasteiger partial charge in [-0.05, 0) is 56.7 Å². The van der Waals surface area contributed by atoms with Gasteiger partial charge in [0.1, 0.15) is 6.10 Å². The summed E-state index contributed by atoms with van der Waals surface area (Å²) < 4.78 is 12.3. The molecule has 1 atom stereocenters. The lowest BCUT2D eigenvalue weighted by molar-refractivity contribution is -0.149. The van der Waals surface area contributed by atoms with Gasteiger partial charge < -0.3 is 9.16 Å². The summed E-state index contributed by atoms with van der Waals surface area (Å²) in [6.45, 7) is 17.1. The highest BCUT2D eigenvalue weighted by atomic mass is 28.4. The summed E-state index contributed by atoms with van der Waals surface area (Å²) >= 11 is 0. The average molecular weight is 665 g/mol. The Bertz CT molecular complexity index is 681. The number of hydrogen-bond donors (Lipinski definition) is 0. The number of esters is 1. The van der Waals surface area contributed by atoms with E-state index in [2.05, 4.69) is 59.9 Å². The van der Waals surface area contributed by atoms with Crippen molar-refractivity contribution in [3.63, 3.8) is 0 Å². The van der Waals surface area contributed by atoms with Crippen molar-refractivity contribution in [1.29, 1.82) is 0 Å². The molecule has 0 amide bonds. The molecule has 0 heterocycles. The van der Waals surface area contributed by atoms with E-state index < -0.39 is 8.32 Å². The number of rotatable bonds is 34. The molecule has 0 radical (unpaired) electrons. The Morgan fingerprint density at radius 3 is 1.52 bits per heavy atom. The highest BCUT2D eigenvalue weighted by Gasteiger charge is 2.36. The molecule has 3 nitrogen and oxygen atoms in total. The van der Waals surface area contributed by atoms with Gasteiger partial charge in [-0.2, -0.15) is 0 Å². The van der Waals surface area contributed by atoms with Gasteiger partial charge >= 0.3 is 5.97 Å². The second-order valence-electron chi connectivity index (χ2n) is 15.9. The minimum Gasteiger partial charge on any atom is -0.462 e. The molecule has 0 aliphatic carbocycles. The lowest BCUT2D eigenvalue weighted by Gasteiger charge is -2.36. The topological polar surface area (TPSA) is 35.5 Å². The van der Waals surface area contributed by atoms with Crippen LogP contribution in [0.25, 0.3) is 0 Å². The van der Waals surface area contributed by atoms with E-state index in [1.54, 1.807) is 0 Å². The third-order valence-corrected chi connectivity index (χ3v) is 14.8. The van der Waals surface area contributed by atoms with Crippen molar-refractivity contribution in [2.45, 2.75) is 245 Å². The number of ether oxygens (including phenoxy) is 1. The van der Waals surface area contributed by atoms with Crippen LogP contribution in [-0.2, 0) is 14.0 Å². The number of hydrogen-bond acceptors (Lipinski definition) is 3. The molecule has 0 saturated heterocycles. The lowest BCUT2D eigenvalue weighted by Crippen LogP contribution is -2.40. The van der Waals surface area contributed by atoms with E-state index in [-0.39, 0.29) is 12.1 Å². The van der Waals surface area contributed by atoms with Crippen molar-refractivity contribution in [1.82, 2.24) is 0 Å². The van der Waals surface area contributed by atoms with Crippen molar-refractivity contribution in [3.8, 4) is 0 Å². The number of carbonyl (C=O) groups is 1. The van der Waals surface area contributed by atoms with Gasteiger partial charge in [0.2, 0.25) is 0 Å². The monoisotopic (exact) mass is 665 g/mol. The molecule has 274 valence electrons. The van der Waals surface area contributed by atoms with Gasteiger partial charge in [-0.15, -0.1) is 0 Å². The Hall–Kier alpha value is -0.613. The smallest absolute Gasteiger partial charge is 0.306 e. The van der Waals surface area contributed by atoms with Crippen molar-refractivity contribution < 1.29 is 14.0 Å². The van der Waals surface area contributed by atoms with Crippen LogP contribution in [-0.4, -0.2) is 27.0 Å². The van der Waals surface area contributed by atoms with Gasteiger partial charge in [0, 0.05) is 19.4 Å². The standard InChI is InChI=1S/C42H84O3Si/c1-8-10-12-14-15-16-17-18-19-20-21-24-27-30-34-38-41(43)45-40(36-32-13-11-9-2)37-33-29-26-23-22-25-28-31-35-39-44-46(6,7)42(3,4)5/h29,33,40H,8-28,30-32,34-39H2,1-7H3. The predicted octanol–water partition coefficient (Wildman–Crippen LogP) is 14.8. The van der Waals surface area contributed by atoms with Gasteiger partial charge in [-0.1, -0.05) is 182 Å². The highest BCUT2D eigenvalue weighted by Crippen LogP contribution is 2.36. The van der Waals surface area contributed by atoms with Crippen LogP contribution in [0.2, 0.25) is 18.1 Å². The van der Waals surface area contributed by atoms with Gasteiger partial charge in [0.05, 0.1) is 0 Å². The summed E-state index contributed by atoms with van der Waals surface area (Å²) in [6.07, 6.45) is 41.2. The van der Waals surface area contributed by atoms with E-state index in [0.717, 1.165) is 32.3 Å². The van der Waals surface area contributed by atoms with E-state index in [9.17, 15) is 4.79 Å². The molecular formula is C42H84O3Si. The highest BCUT2D eigenvalue weighted by molar-refractivity contribution is 6.74. The largest absolute Gasteiger partial charge is 0.462 e. The maximum Gasteiger partial charge on any atom is 0.306 e. The summed E-state index contributed by atoms with van der Waals surface area (Å²) in [4.78, 5) is 12.6. The molecule has 4 heteroatoms. The first kappa shape index (κ1) is 45.4. The summed E-state index contributed by atoms with van der Waals surface area (Å²) in [5.41, 5.74) is 0. The zero-order valence-electron chi connectivity index (χ0n) is 32.7. The maximum atomic E-state index is 12.6. The Labute approximate surface area is 291 Å². The predicted molar refractivity (Wildman–Crippen MR) is 207 cm³/mol. The maximum absolute atomic E-state index is 12.6. The van der Waals surface area contributed by atoms with E-state index in [1.807, 2.05) is 0 Å². The van der Waals surface area contributed by atoms with Crippen LogP contribution < -0.4 is 0 Å². The second-order valence-corrected chi connectivity index (χ2v) is 20.7. The van der Waals surface area contributed by atoms with Crippen LogP contribution in [0.1, 0.15) is 221 Å². The first-order valence-electron chi connectivity index (χ1n) is 20.6. The van der Waals surface area contributed by atoms with Crippen molar-refractivity contribution in [2.75, 3.05) is 6.61 Å². The quantitative estimate of drug-likeness (QED) is 0.0297. The first-order chi connectivity index (χ1) is 22.1. The van der Waals surface area contributed by atoms with E-state index in [1.165, 1.54) is 154 Å². The zero-order valence-corrected chi connectivity index (χ0v) is 33.7. The van der Waals surface area contributed by atoms with Crippen molar-refractivity contribution >= 4 is 14.3 Å². The van der Waals surface area contributed by atoms with E-state index in [4.69, 9.17) is 9.16 Å². The fraction of sp³-hybridized carbons (Fsp3) is 0.929. The van der Waals surface area contributed by atoms with Crippen molar-refractivity contribution in [3.05, 3.63) is 12.2 Å². The molecule has 0 aromatic rings. The van der Waals surface area contributed by atoms with Crippen LogP contribution in [0.15, 0.2) is 12.2 Å². The Morgan fingerprint density at radius 1 is 0.587 bits per heavy atom. The lowest BCUT2D eigenvalue weighted by atomic mass is 10.0. The summed E-state index contributed by atoms with van der Waals surface area (Å²) in [5, 5.41) is 0.308. The number of allylic oxidation sites excluding steroid dienone is 1. The van der Waals surface area contributed by atoms with Gasteiger partial charge in [-0.25, -0.2) is 0 Å². The number of unbranched alkanes of at least 4 members (excludes halogenated alkanes) is 23. The fourth-order valence-corrected chi connectivity index (χ4v) is 6.98. The van der Waals surface area contributed by atoms with Crippen LogP contribution in [0.4, 0.5) is 0 Å². The molecule has 0 bridgehead atoms. The van der Waals surface area contributed by atoms with Crippen LogP contribution in [0.5, 0.6) is 0 Å². The summed E-state index contributed by atoms with van der Waals surface area (Å²) in [6, 6.07) is 0. The SMILES string of the molecule is CCCCCCCCCCCCCCCCCC(=O)OC(CC=CCCCCCCCCO[Si](C)(C)C(C)(C)C)CCCCCC. The molecule has 0 rings (SSSR count). The molecular weight excluding hydrogens is 581 g/mol. The zero-order chi connectivity index (χ0) is 34.2. The summed E-state index contributed by atoms with van der Waals surface area (Å²) in [5.74, 6) is 0.0262. The minimum atomic E-state index is -1.58. The van der Waals surface area contributed by atoms with Crippen molar-refractivity contribution in [2.24, 2.45) is 0 Å². The van der Waals surface area contributed by atoms with Crippen LogP contribution in [0, 0.1) is 0 Å². The third-order valence-electron chi connectivity index (χ3n) is 10.3. The molecule has 0 aliphatic rings. The first-order valence-corrected chi connectivity index (χ1v) is 23.5. The van der Waals surface area contributed by atoms with Gasteiger partial charge in [0.25, 0.3) is 0 Å².